The van der Waals surface area contributed by atoms with Crippen LogP contribution in [0.1, 0.15) is 19.8 Å². The second-order valence-electron chi connectivity index (χ2n) is 4.81. The van der Waals surface area contributed by atoms with Crippen LogP contribution in [-0.4, -0.2) is 62.1 Å². The van der Waals surface area contributed by atoms with Gasteiger partial charge in [-0.25, -0.2) is 17.5 Å². The van der Waals surface area contributed by atoms with Crippen LogP contribution in [0.3, 0.4) is 0 Å². The van der Waals surface area contributed by atoms with E-state index in [-0.39, 0.29) is 25.1 Å². The lowest BCUT2D eigenvalue weighted by Crippen LogP contribution is -2.42. The summed E-state index contributed by atoms with van der Waals surface area (Å²) in [4.78, 5) is 33.2. The maximum absolute atomic E-state index is 11.4. The highest BCUT2D eigenvalue weighted by atomic mass is 32.2. The van der Waals surface area contributed by atoms with Crippen molar-refractivity contribution in [3.63, 3.8) is 0 Å². The van der Waals surface area contributed by atoms with Crippen LogP contribution in [0.2, 0.25) is 0 Å². The zero-order valence-electron chi connectivity index (χ0n) is 12.2. The molecule has 0 fully saturated rings. The van der Waals surface area contributed by atoms with E-state index in [1.165, 1.54) is 14.1 Å². The molecule has 0 rings (SSSR count). The Labute approximate surface area is 123 Å². The number of aliphatic carboxylic acids is 1. The van der Waals surface area contributed by atoms with E-state index in [1.54, 1.807) is 6.92 Å². The molecule has 21 heavy (non-hydrogen) atoms. The molecule has 0 saturated carbocycles. The highest BCUT2D eigenvalue weighted by Gasteiger charge is 2.16. The van der Waals surface area contributed by atoms with E-state index < -0.39 is 33.8 Å². The van der Waals surface area contributed by atoms with E-state index in [2.05, 4.69) is 5.32 Å². The molecule has 0 spiro atoms. The third kappa shape index (κ3) is 8.97. The number of urea groups is 1. The SMILES string of the molecule is CC(CC(=O)O)CC(=O)NC(=O)NCCS(=O)(=O)N(C)C. The maximum Gasteiger partial charge on any atom is 0.321 e. The first-order valence-electron chi connectivity index (χ1n) is 6.24. The predicted molar refractivity (Wildman–Crippen MR) is 75.0 cm³/mol. The zero-order chi connectivity index (χ0) is 16.6. The van der Waals surface area contributed by atoms with E-state index in [0.29, 0.717) is 0 Å². The summed E-state index contributed by atoms with van der Waals surface area (Å²) in [5.74, 6) is -2.31. The summed E-state index contributed by atoms with van der Waals surface area (Å²) >= 11 is 0. The number of carbonyl (C=O) groups is 3. The van der Waals surface area contributed by atoms with E-state index >= 15 is 0 Å². The molecule has 10 heteroatoms. The number of sulfonamides is 1. The first kappa shape index (κ1) is 19.3. The number of nitrogens with zero attached hydrogens (tertiary/aromatic N) is 1. The Balaban J connectivity index is 4.05. The van der Waals surface area contributed by atoms with Crippen molar-refractivity contribution < 1.29 is 27.9 Å². The molecule has 0 aliphatic heterocycles. The monoisotopic (exact) mass is 323 g/mol. The Morgan fingerprint density at radius 2 is 1.76 bits per heavy atom. The third-order valence-electron chi connectivity index (χ3n) is 2.51. The molecule has 1 atom stereocenters. The number of hydrogen-bond donors (Lipinski definition) is 3. The van der Waals surface area contributed by atoms with Crippen molar-refractivity contribution in [1.82, 2.24) is 14.9 Å². The number of carbonyl (C=O) groups excluding carboxylic acids is 2. The minimum Gasteiger partial charge on any atom is -0.481 e. The van der Waals surface area contributed by atoms with Crippen molar-refractivity contribution in [2.24, 2.45) is 5.92 Å². The van der Waals surface area contributed by atoms with Gasteiger partial charge < -0.3 is 10.4 Å². The summed E-state index contributed by atoms with van der Waals surface area (Å²) in [7, 11) is -0.659. The molecule has 0 aliphatic carbocycles. The molecule has 0 aromatic rings. The molecule has 0 aromatic heterocycles. The molecular formula is C11H21N3O6S. The number of hydrogen-bond acceptors (Lipinski definition) is 5. The van der Waals surface area contributed by atoms with Gasteiger partial charge in [0.25, 0.3) is 0 Å². The fourth-order valence-corrected chi connectivity index (χ4v) is 2.11. The van der Waals surface area contributed by atoms with Crippen LogP contribution < -0.4 is 10.6 Å². The minimum atomic E-state index is -3.41. The summed E-state index contributed by atoms with van der Waals surface area (Å²) in [5.41, 5.74) is 0. The fraction of sp³-hybridized carbons (Fsp3) is 0.727. The van der Waals surface area contributed by atoms with Crippen LogP contribution in [0.25, 0.3) is 0 Å². The van der Waals surface area contributed by atoms with Crippen LogP contribution in [0, 0.1) is 5.92 Å². The molecule has 9 nitrogen and oxygen atoms in total. The molecule has 0 aliphatic rings. The first-order valence-corrected chi connectivity index (χ1v) is 7.85. The standard InChI is InChI=1S/C11H21N3O6S/c1-8(7-10(16)17)6-9(15)13-11(18)12-4-5-21(19,20)14(2)3/h8H,4-7H2,1-3H3,(H,16,17)(H2,12,13,15,18). The van der Waals surface area contributed by atoms with Gasteiger partial charge in [-0.2, -0.15) is 0 Å². The molecule has 0 bridgehead atoms. The summed E-state index contributed by atoms with van der Waals surface area (Å²) in [6.45, 7) is 1.44. The Kier molecular flexibility index (Phi) is 7.89. The topological polar surface area (TPSA) is 133 Å². The Morgan fingerprint density at radius 3 is 2.24 bits per heavy atom. The van der Waals surface area contributed by atoms with Crippen LogP contribution >= 0.6 is 0 Å². The summed E-state index contributed by atoms with van der Waals surface area (Å²) < 4.78 is 23.9. The minimum absolute atomic E-state index is 0.101. The average Bonchev–Trinajstić information content (AvgIpc) is 2.26. The average molecular weight is 323 g/mol. The van der Waals surface area contributed by atoms with Gasteiger partial charge in [0.05, 0.1) is 5.75 Å². The summed E-state index contributed by atoms with van der Waals surface area (Å²) in [6, 6.07) is -0.809. The van der Waals surface area contributed by atoms with E-state index in [4.69, 9.17) is 5.11 Å². The van der Waals surface area contributed by atoms with Crippen LogP contribution in [-0.2, 0) is 19.6 Å². The Morgan fingerprint density at radius 1 is 1.19 bits per heavy atom. The number of nitrogens with one attached hydrogen (secondary N) is 2. The van der Waals surface area contributed by atoms with Crippen LogP contribution in [0.5, 0.6) is 0 Å². The molecule has 0 heterocycles. The van der Waals surface area contributed by atoms with Crippen molar-refractivity contribution in [2.75, 3.05) is 26.4 Å². The smallest absolute Gasteiger partial charge is 0.321 e. The molecule has 1 unspecified atom stereocenters. The van der Waals surface area contributed by atoms with Crippen molar-refractivity contribution in [3.05, 3.63) is 0 Å². The van der Waals surface area contributed by atoms with Crippen molar-refractivity contribution in [2.45, 2.75) is 19.8 Å². The molecule has 122 valence electrons. The summed E-state index contributed by atoms with van der Waals surface area (Å²) in [6.07, 6.45) is -0.272. The van der Waals surface area contributed by atoms with Crippen LogP contribution in [0.15, 0.2) is 0 Å². The van der Waals surface area contributed by atoms with Gasteiger partial charge in [-0.15, -0.1) is 0 Å². The van der Waals surface area contributed by atoms with Gasteiger partial charge in [-0.05, 0) is 5.92 Å². The van der Waals surface area contributed by atoms with E-state index in [9.17, 15) is 22.8 Å². The molecular weight excluding hydrogens is 302 g/mol. The lowest BCUT2D eigenvalue weighted by atomic mass is 10.0. The number of rotatable bonds is 8. The number of imide groups is 1. The van der Waals surface area contributed by atoms with Crippen molar-refractivity contribution in [3.8, 4) is 0 Å². The number of amides is 3. The van der Waals surface area contributed by atoms with Crippen molar-refractivity contribution in [1.29, 1.82) is 0 Å². The number of carboxylic acid groups (broad SMARTS) is 1. The van der Waals surface area contributed by atoms with E-state index in [0.717, 1.165) is 4.31 Å². The molecule has 0 aromatic carbocycles. The van der Waals surface area contributed by atoms with E-state index in [1.807, 2.05) is 5.32 Å². The quantitative estimate of drug-likeness (QED) is 0.536. The predicted octanol–water partition coefficient (Wildman–Crippen LogP) is -0.795. The van der Waals surface area contributed by atoms with Gasteiger partial charge in [-0.3, -0.25) is 14.9 Å². The third-order valence-corrected chi connectivity index (χ3v) is 4.34. The number of carboxylic acids is 1. The molecule has 3 N–H and O–H groups in total. The molecule has 0 radical (unpaired) electrons. The van der Waals surface area contributed by atoms with Gasteiger partial charge >= 0.3 is 12.0 Å². The zero-order valence-corrected chi connectivity index (χ0v) is 13.1. The molecule has 0 saturated heterocycles. The van der Waals surface area contributed by atoms with Crippen LogP contribution in [0.4, 0.5) is 4.79 Å². The second kappa shape index (κ2) is 8.57. The highest BCUT2D eigenvalue weighted by Crippen LogP contribution is 2.06. The normalized spacial score (nSPS) is 12.8. The van der Waals surface area contributed by atoms with Gasteiger partial charge in [0, 0.05) is 33.5 Å². The van der Waals surface area contributed by atoms with Crippen molar-refractivity contribution >= 4 is 27.9 Å². The lowest BCUT2D eigenvalue weighted by Gasteiger charge is -2.12. The lowest BCUT2D eigenvalue weighted by molar-refractivity contribution is -0.138. The fourth-order valence-electron chi connectivity index (χ4n) is 1.38. The largest absolute Gasteiger partial charge is 0.481 e. The Bertz CT molecular complexity index is 488. The van der Waals surface area contributed by atoms with Gasteiger partial charge in [-0.1, -0.05) is 6.92 Å². The van der Waals surface area contributed by atoms with Gasteiger partial charge in [0.1, 0.15) is 0 Å². The van der Waals surface area contributed by atoms with Gasteiger partial charge in [0.15, 0.2) is 0 Å². The molecule has 3 amide bonds. The van der Waals surface area contributed by atoms with Gasteiger partial charge in [0.2, 0.25) is 15.9 Å². The second-order valence-corrected chi connectivity index (χ2v) is 7.11. The summed E-state index contributed by atoms with van der Waals surface area (Å²) in [5, 5.41) is 12.8. The Hall–Kier alpha value is -1.68. The highest BCUT2D eigenvalue weighted by molar-refractivity contribution is 7.89. The maximum atomic E-state index is 11.4. The first-order chi connectivity index (χ1) is 9.54.